The summed E-state index contributed by atoms with van der Waals surface area (Å²) in [5.41, 5.74) is 0. The maximum Gasteiger partial charge on any atom is 0.216 e. The number of methoxy groups -OCH3 is 1. The highest BCUT2D eigenvalue weighted by atomic mass is 32.2. The second-order valence-corrected chi connectivity index (χ2v) is 5.97. The third kappa shape index (κ3) is 3.67. The van der Waals surface area contributed by atoms with Crippen molar-refractivity contribution < 1.29 is 23.0 Å². The zero-order chi connectivity index (χ0) is 12.2. The molecule has 96 valence electrons. The van der Waals surface area contributed by atoms with Gasteiger partial charge in [-0.15, -0.1) is 0 Å². The van der Waals surface area contributed by atoms with Gasteiger partial charge in [0.2, 0.25) is 10.0 Å². The summed E-state index contributed by atoms with van der Waals surface area (Å²) in [6.07, 6.45) is -0.621. The van der Waals surface area contributed by atoms with Gasteiger partial charge >= 0.3 is 0 Å². The molecule has 2 unspecified atom stereocenters. The normalized spacial score (nSPS) is 28.2. The van der Waals surface area contributed by atoms with Gasteiger partial charge in [0.1, 0.15) is 0 Å². The molecule has 7 heteroatoms. The molecule has 16 heavy (non-hydrogen) atoms. The van der Waals surface area contributed by atoms with E-state index >= 15 is 0 Å². The molecule has 0 aromatic carbocycles. The minimum atomic E-state index is -3.30. The lowest BCUT2D eigenvalue weighted by atomic mass is 10.2. The minimum Gasteiger partial charge on any atom is -0.394 e. The van der Waals surface area contributed by atoms with Gasteiger partial charge in [0.05, 0.1) is 31.2 Å². The Morgan fingerprint density at radius 3 is 2.75 bits per heavy atom. The van der Waals surface area contributed by atoms with Crippen molar-refractivity contribution in [3.8, 4) is 0 Å². The lowest BCUT2D eigenvalue weighted by Gasteiger charge is -2.35. The summed E-state index contributed by atoms with van der Waals surface area (Å²) in [6.45, 7) is 2.36. The number of hydrogen-bond donors (Lipinski definition) is 1. The van der Waals surface area contributed by atoms with Crippen molar-refractivity contribution in [2.45, 2.75) is 19.1 Å². The van der Waals surface area contributed by atoms with Crippen LogP contribution in [0.4, 0.5) is 0 Å². The van der Waals surface area contributed by atoms with Crippen molar-refractivity contribution >= 4 is 10.0 Å². The van der Waals surface area contributed by atoms with Crippen LogP contribution in [0.5, 0.6) is 0 Å². The van der Waals surface area contributed by atoms with Crippen LogP contribution in [0.3, 0.4) is 0 Å². The van der Waals surface area contributed by atoms with Gasteiger partial charge in [0.15, 0.2) is 0 Å². The average molecular weight is 253 g/mol. The summed E-state index contributed by atoms with van der Waals surface area (Å²) in [7, 11) is -1.84. The molecule has 0 aromatic heterocycles. The summed E-state index contributed by atoms with van der Waals surface area (Å²) in [6, 6.07) is 0. The number of ether oxygens (including phenoxy) is 2. The second-order valence-electron chi connectivity index (χ2n) is 3.88. The van der Waals surface area contributed by atoms with E-state index in [1.807, 2.05) is 0 Å². The largest absolute Gasteiger partial charge is 0.394 e. The van der Waals surface area contributed by atoms with E-state index in [-0.39, 0.29) is 31.6 Å². The Kier molecular flexibility index (Phi) is 5.13. The van der Waals surface area contributed by atoms with Crippen LogP contribution >= 0.6 is 0 Å². The number of sulfonamides is 1. The zero-order valence-corrected chi connectivity index (χ0v) is 10.4. The van der Waals surface area contributed by atoms with Crippen molar-refractivity contribution in [3.05, 3.63) is 0 Å². The quantitative estimate of drug-likeness (QED) is 0.683. The van der Waals surface area contributed by atoms with Crippen LogP contribution in [0.2, 0.25) is 0 Å². The first-order valence-corrected chi connectivity index (χ1v) is 6.83. The number of hydrogen-bond acceptors (Lipinski definition) is 5. The van der Waals surface area contributed by atoms with E-state index in [4.69, 9.17) is 14.6 Å². The minimum absolute atomic E-state index is 0.0334. The van der Waals surface area contributed by atoms with Gasteiger partial charge in [-0.05, 0) is 6.92 Å². The molecule has 6 nitrogen and oxygen atoms in total. The molecular formula is C9H19NO5S. The second kappa shape index (κ2) is 5.92. The van der Waals surface area contributed by atoms with Crippen molar-refractivity contribution in [1.29, 1.82) is 0 Å². The molecule has 2 atom stereocenters. The molecule has 0 aromatic rings. The van der Waals surface area contributed by atoms with E-state index in [1.54, 1.807) is 6.92 Å². The molecule has 1 rings (SSSR count). The SMILES string of the molecule is COCCS(=O)(=O)N1CC(C)OC(CO)C1. The van der Waals surface area contributed by atoms with E-state index in [0.717, 1.165) is 0 Å². The number of nitrogens with zero attached hydrogens (tertiary/aromatic N) is 1. The summed E-state index contributed by atoms with van der Waals surface area (Å²) in [5, 5.41) is 9.00. The first kappa shape index (κ1) is 13.9. The summed E-state index contributed by atoms with van der Waals surface area (Å²) < 4.78 is 35.2. The lowest BCUT2D eigenvalue weighted by Crippen LogP contribution is -2.51. The maximum absolute atomic E-state index is 11.9. The summed E-state index contributed by atoms with van der Waals surface area (Å²) in [4.78, 5) is 0. The maximum atomic E-state index is 11.9. The topological polar surface area (TPSA) is 76.1 Å². The Morgan fingerprint density at radius 1 is 1.50 bits per heavy atom. The van der Waals surface area contributed by atoms with Gasteiger partial charge in [0.25, 0.3) is 0 Å². The molecule has 0 spiro atoms. The van der Waals surface area contributed by atoms with Gasteiger partial charge < -0.3 is 14.6 Å². The van der Waals surface area contributed by atoms with Crippen molar-refractivity contribution in [2.75, 3.05) is 39.2 Å². The monoisotopic (exact) mass is 253 g/mol. The predicted molar refractivity (Wildman–Crippen MR) is 58.7 cm³/mol. The van der Waals surface area contributed by atoms with Crippen molar-refractivity contribution in [1.82, 2.24) is 4.31 Å². The van der Waals surface area contributed by atoms with Gasteiger partial charge in [-0.2, -0.15) is 4.31 Å². The molecule has 1 fully saturated rings. The number of aliphatic hydroxyl groups excluding tert-OH is 1. The molecule has 0 amide bonds. The van der Waals surface area contributed by atoms with E-state index in [1.165, 1.54) is 11.4 Å². The summed E-state index contributed by atoms with van der Waals surface area (Å²) >= 11 is 0. The molecule has 1 aliphatic rings. The van der Waals surface area contributed by atoms with Gasteiger partial charge in [-0.1, -0.05) is 0 Å². The van der Waals surface area contributed by atoms with Crippen LogP contribution in [-0.2, 0) is 19.5 Å². The molecule has 0 aliphatic carbocycles. The Labute approximate surface area is 96.2 Å². The average Bonchev–Trinajstić information content (AvgIpc) is 2.25. The fourth-order valence-corrected chi connectivity index (χ4v) is 3.11. The molecular weight excluding hydrogens is 234 g/mol. The molecule has 1 heterocycles. The Balaban J connectivity index is 2.64. The molecule has 0 bridgehead atoms. The van der Waals surface area contributed by atoms with Crippen molar-refractivity contribution in [2.24, 2.45) is 0 Å². The first-order chi connectivity index (χ1) is 7.49. The highest BCUT2D eigenvalue weighted by Crippen LogP contribution is 2.14. The Bertz CT molecular complexity index is 305. The number of morpholine rings is 1. The van der Waals surface area contributed by atoms with Crippen LogP contribution < -0.4 is 0 Å². The van der Waals surface area contributed by atoms with E-state index in [9.17, 15) is 8.42 Å². The molecule has 0 radical (unpaired) electrons. The fourth-order valence-electron chi connectivity index (χ4n) is 1.65. The molecule has 1 saturated heterocycles. The number of rotatable bonds is 5. The van der Waals surface area contributed by atoms with Crippen LogP contribution in [0.15, 0.2) is 0 Å². The van der Waals surface area contributed by atoms with E-state index in [0.29, 0.717) is 6.54 Å². The highest BCUT2D eigenvalue weighted by molar-refractivity contribution is 7.89. The lowest BCUT2D eigenvalue weighted by molar-refractivity contribution is -0.0751. The zero-order valence-electron chi connectivity index (χ0n) is 9.63. The Morgan fingerprint density at radius 2 is 2.19 bits per heavy atom. The Hall–Kier alpha value is -0.210. The van der Waals surface area contributed by atoms with E-state index in [2.05, 4.69) is 0 Å². The van der Waals surface area contributed by atoms with Crippen LogP contribution in [0.25, 0.3) is 0 Å². The number of aliphatic hydroxyl groups is 1. The third-order valence-electron chi connectivity index (χ3n) is 2.44. The molecule has 0 saturated carbocycles. The van der Waals surface area contributed by atoms with Gasteiger partial charge in [-0.3, -0.25) is 0 Å². The fraction of sp³-hybridized carbons (Fsp3) is 1.00. The predicted octanol–water partition coefficient (Wildman–Crippen LogP) is -0.956. The van der Waals surface area contributed by atoms with Crippen LogP contribution in [0.1, 0.15) is 6.92 Å². The van der Waals surface area contributed by atoms with Crippen LogP contribution in [0, 0.1) is 0 Å². The highest BCUT2D eigenvalue weighted by Gasteiger charge is 2.32. The van der Waals surface area contributed by atoms with Crippen molar-refractivity contribution in [3.63, 3.8) is 0 Å². The van der Waals surface area contributed by atoms with E-state index < -0.39 is 16.1 Å². The summed E-state index contributed by atoms with van der Waals surface area (Å²) in [5.74, 6) is -0.0334. The standard InChI is InChI=1S/C9H19NO5S/c1-8-5-10(6-9(7-11)15-8)16(12,13)4-3-14-2/h8-9,11H,3-7H2,1-2H3. The third-order valence-corrected chi connectivity index (χ3v) is 4.20. The van der Waals surface area contributed by atoms with Gasteiger partial charge in [-0.25, -0.2) is 8.42 Å². The smallest absolute Gasteiger partial charge is 0.216 e. The van der Waals surface area contributed by atoms with Gasteiger partial charge in [0, 0.05) is 20.2 Å². The molecule has 1 aliphatic heterocycles. The first-order valence-electron chi connectivity index (χ1n) is 5.22. The molecule has 1 N–H and O–H groups in total. The van der Waals surface area contributed by atoms with Crippen LogP contribution in [-0.4, -0.2) is 69.2 Å².